The van der Waals surface area contributed by atoms with Crippen LogP contribution < -0.4 is 17.2 Å². The third-order valence-electron chi connectivity index (χ3n) is 10.6. The molecule has 4 saturated carbocycles. The maximum absolute atomic E-state index is 9.30. The van der Waals surface area contributed by atoms with Crippen LogP contribution in [0.2, 0.25) is 0 Å². The van der Waals surface area contributed by atoms with Crippen molar-refractivity contribution in [3.8, 4) is 0 Å². The lowest BCUT2D eigenvalue weighted by atomic mass is 9.42. The first-order valence-corrected chi connectivity index (χ1v) is 12.1. The molecule has 0 bridgehead atoms. The van der Waals surface area contributed by atoms with Crippen molar-refractivity contribution in [2.24, 2.45) is 63.5 Å². The van der Waals surface area contributed by atoms with Crippen molar-refractivity contribution < 1.29 is 5.11 Å². The maximum atomic E-state index is 9.30. The molecule has 4 heteroatoms. The van der Waals surface area contributed by atoms with E-state index in [2.05, 4.69) is 20.8 Å². The minimum absolute atomic E-state index is 0.210. The number of aliphatic hydroxyl groups is 1. The third-order valence-corrected chi connectivity index (χ3v) is 10.6. The van der Waals surface area contributed by atoms with Gasteiger partial charge in [-0.25, -0.2) is 0 Å². The van der Waals surface area contributed by atoms with E-state index < -0.39 is 0 Å². The van der Waals surface area contributed by atoms with Crippen LogP contribution in [-0.4, -0.2) is 29.8 Å². The summed E-state index contributed by atoms with van der Waals surface area (Å²) in [7, 11) is 0. The predicted molar refractivity (Wildman–Crippen MR) is 115 cm³/mol. The summed E-state index contributed by atoms with van der Waals surface area (Å²) in [5.41, 5.74) is 21.0. The smallest absolute Gasteiger partial charge is 0.0431 e. The molecule has 0 amide bonds. The van der Waals surface area contributed by atoms with Crippen molar-refractivity contribution >= 4 is 0 Å². The molecule has 0 saturated heterocycles. The fourth-order valence-corrected chi connectivity index (χ4v) is 8.99. The van der Waals surface area contributed by atoms with Crippen LogP contribution in [0, 0.1) is 46.3 Å². The second kappa shape index (κ2) is 7.51. The van der Waals surface area contributed by atoms with E-state index in [0.29, 0.717) is 59.6 Å². The topological polar surface area (TPSA) is 98.3 Å². The minimum Gasteiger partial charge on any atom is -0.396 e. The number of nitrogens with two attached hydrogens (primary N) is 3. The summed E-state index contributed by atoms with van der Waals surface area (Å²) in [5, 5.41) is 9.30. The highest BCUT2D eigenvalue weighted by Crippen LogP contribution is 2.67. The van der Waals surface area contributed by atoms with Gasteiger partial charge in [-0.2, -0.15) is 0 Å². The fourth-order valence-electron chi connectivity index (χ4n) is 8.99. The molecule has 0 radical (unpaired) electrons. The molecule has 7 N–H and O–H groups in total. The second-order valence-electron chi connectivity index (χ2n) is 11.7. The van der Waals surface area contributed by atoms with E-state index in [9.17, 15) is 5.11 Å². The maximum Gasteiger partial charge on any atom is 0.0431 e. The van der Waals surface area contributed by atoms with Crippen molar-refractivity contribution in [1.82, 2.24) is 0 Å². The number of aliphatic hydroxyl groups excluding tert-OH is 1. The predicted octanol–water partition coefficient (Wildman–Crippen LogP) is 3.26. The minimum atomic E-state index is 0.210. The Hall–Kier alpha value is -0.160. The molecule has 162 valence electrons. The molecule has 0 unspecified atom stereocenters. The van der Waals surface area contributed by atoms with Gasteiger partial charge >= 0.3 is 0 Å². The summed E-state index contributed by atoms with van der Waals surface area (Å²) in [5.74, 6) is 3.98. The quantitative estimate of drug-likeness (QED) is 0.591. The molecular formula is C24H45N3O. The molecule has 4 fully saturated rings. The number of fused-ring (bicyclic) bond motifs is 5. The molecule has 4 aliphatic rings. The van der Waals surface area contributed by atoms with Gasteiger partial charge in [-0.3, -0.25) is 0 Å². The summed E-state index contributed by atoms with van der Waals surface area (Å²) < 4.78 is 0. The van der Waals surface area contributed by atoms with Crippen LogP contribution in [0.3, 0.4) is 0 Å². The van der Waals surface area contributed by atoms with Crippen molar-refractivity contribution in [1.29, 1.82) is 0 Å². The molecule has 28 heavy (non-hydrogen) atoms. The molecular weight excluding hydrogens is 346 g/mol. The molecule has 0 aromatic carbocycles. The Morgan fingerprint density at radius 1 is 1.00 bits per heavy atom. The first-order valence-electron chi connectivity index (χ1n) is 12.1. The van der Waals surface area contributed by atoms with Gasteiger partial charge in [0.15, 0.2) is 0 Å². The Morgan fingerprint density at radius 2 is 1.75 bits per heavy atom. The number of hydrogen-bond acceptors (Lipinski definition) is 4. The lowest BCUT2D eigenvalue weighted by Crippen LogP contribution is -2.65. The monoisotopic (exact) mass is 391 g/mol. The molecule has 4 aliphatic carbocycles. The summed E-state index contributed by atoms with van der Waals surface area (Å²) in [6, 6.07) is 0.963. The van der Waals surface area contributed by atoms with Crippen LogP contribution in [0.25, 0.3) is 0 Å². The Kier molecular flexibility index (Phi) is 5.66. The first kappa shape index (κ1) is 21.1. The van der Waals surface area contributed by atoms with Gasteiger partial charge in [0.1, 0.15) is 0 Å². The highest BCUT2D eigenvalue weighted by atomic mass is 16.2. The highest BCUT2D eigenvalue weighted by molar-refractivity contribution is 5.16. The lowest BCUT2D eigenvalue weighted by Gasteiger charge is -2.64. The van der Waals surface area contributed by atoms with E-state index in [-0.39, 0.29) is 11.5 Å². The first-order chi connectivity index (χ1) is 13.2. The van der Waals surface area contributed by atoms with Crippen molar-refractivity contribution in [2.45, 2.75) is 96.7 Å². The Bertz CT molecular complexity index is 570. The largest absolute Gasteiger partial charge is 0.396 e. The lowest BCUT2D eigenvalue weighted by molar-refractivity contribution is -0.132. The van der Waals surface area contributed by atoms with E-state index in [1.807, 2.05) is 0 Å². The normalized spacial score (nSPS) is 54.5. The molecule has 0 aromatic heterocycles. The summed E-state index contributed by atoms with van der Waals surface area (Å²) in [4.78, 5) is 0. The van der Waals surface area contributed by atoms with Crippen molar-refractivity contribution in [3.05, 3.63) is 0 Å². The molecule has 11 atom stereocenters. The zero-order chi connectivity index (χ0) is 20.3. The van der Waals surface area contributed by atoms with E-state index in [0.717, 1.165) is 32.1 Å². The Morgan fingerprint density at radius 3 is 2.46 bits per heavy atom. The van der Waals surface area contributed by atoms with Crippen LogP contribution in [0.15, 0.2) is 0 Å². The second-order valence-corrected chi connectivity index (χ2v) is 11.7. The SMILES string of the molecule is C[C@H](CCCO)[C@H]1CC[C@H]2[C@@H]3[C@H](N)C[C@@H]4C[C@H](N)CC[C@]4(C)[C@H]3C[C@H](N)[C@]12C. The van der Waals surface area contributed by atoms with Crippen LogP contribution in [0.5, 0.6) is 0 Å². The van der Waals surface area contributed by atoms with E-state index >= 15 is 0 Å². The van der Waals surface area contributed by atoms with Gasteiger partial charge in [0, 0.05) is 24.7 Å². The summed E-state index contributed by atoms with van der Waals surface area (Å²) in [6.45, 7) is 7.76. The average Bonchev–Trinajstić information content (AvgIpc) is 3.01. The molecule has 0 aromatic rings. The Balaban J connectivity index is 1.62. The van der Waals surface area contributed by atoms with Crippen LogP contribution in [0.1, 0.15) is 78.6 Å². The van der Waals surface area contributed by atoms with Gasteiger partial charge in [0.05, 0.1) is 0 Å². The standard InChI is InChI=1S/C24H45N3O/c1-14(5-4-10-28)17-6-7-18-22-19(13-21(27)24(17,18)3)23(2)9-8-16(25)11-15(23)12-20(22)26/h14-22,28H,4-13,25-27H2,1-3H3/t14-,15+,16-,17-,18+,19+,20-,21+,22+,23+,24-/m1/s1. The highest BCUT2D eigenvalue weighted by Gasteiger charge is 2.64. The van der Waals surface area contributed by atoms with Gasteiger partial charge in [0.2, 0.25) is 0 Å². The van der Waals surface area contributed by atoms with Crippen LogP contribution >= 0.6 is 0 Å². The molecule has 0 spiro atoms. The zero-order valence-electron chi connectivity index (χ0n) is 18.4. The summed E-state index contributed by atoms with van der Waals surface area (Å²) >= 11 is 0. The average molecular weight is 392 g/mol. The van der Waals surface area contributed by atoms with Gasteiger partial charge < -0.3 is 22.3 Å². The van der Waals surface area contributed by atoms with Crippen molar-refractivity contribution in [2.75, 3.05) is 6.61 Å². The van der Waals surface area contributed by atoms with E-state index in [1.165, 1.54) is 25.7 Å². The molecule has 0 aliphatic heterocycles. The number of rotatable bonds is 4. The molecule has 0 heterocycles. The van der Waals surface area contributed by atoms with E-state index in [1.54, 1.807) is 0 Å². The van der Waals surface area contributed by atoms with E-state index in [4.69, 9.17) is 17.2 Å². The van der Waals surface area contributed by atoms with Gasteiger partial charge in [0.25, 0.3) is 0 Å². The molecule has 4 rings (SSSR count). The zero-order valence-corrected chi connectivity index (χ0v) is 18.4. The van der Waals surface area contributed by atoms with Gasteiger partial charge in [-0.05, 0) is 104 Å². The van der Waals surface area contributed by atoms with Gasteiger partial charge in [-0.15, -0.1) is 0 Å². The molecule has 4 nitrogen and oxygen atoms in total. The Labute approximate surface area is 172 Å². The van der Waals surface area contributed by atoms with Crippen LogP contribution in [0.4, 0.5) is 0 Å². The van der Waals surface area contributed by atoms with Gasteiger partial charge in [-0.1, -0.05) is 20.8 Å². The van der Waals surface area contributed by atoms with Crippen LogP contribution in [-0.2, 0) is 0 Å². The fraction of sp³-hybridized carbons (Fsp3) is 1.00. The van der Waals surface area contributed by atoms with Crippen molar-refractivity contribution in [3.63, 3.8) is 0 Å². The number of hydrogen-bond donors (Lipinski definition) is 4. The summed E-state index contributed by atoms with van der Waals surface area (Å²) in [6.07, 6.45) is 10.5. The third kappa shape index (κ3) is 3.01.